The van der Waals surface area contributed by atoms with E-state index in [1.54, 1.807) is 32.1 Å². The molecule has 0 N–H and O–H groups in total. The molecule has 3 aromatic rings. The molecule has 3 heteroatoms. The van der Waals surface area contributed by atoms with E-state index >= 15 is 0 Å². The van der Waals surface area contributed by atoms with Crippen LogP contribution in [0.2, 0.25) is 0 Å². The maximum atomic E-state index is 2.66. The van der Waals surface area contributed by atoms with E-state index in [9.17, 15) is 0 Å². The van der Waals surface area contributed by atoms with Gasteiger partial charge in [-0.2, -0.15) is 0 Å². The van der Waals surface area contributed by atoms with Crippen molar-refractivity contribution in [3.8, 4) is 0 Å². The molecule has 53 heavy (non-hydrogen) atoms. The van der Waals surface area contributed by atoms with Crippen LogP contribution in [0.1, 0.15) is 74.1 Å². The van der Waals surface area contributed by atoms with E-state index in [1.165, 1.54) is 64.9 Å². The van der Waals surface area contributed by atoms with Gasteiger partial charge in [0, 0.05) is 54.1 Å². The summed E-state index contributed by atoms with van der Waals surface area (Å²) < 4.78 is 2.64. The van der Waals surface area contributed by atoms with E-state index in [0.29, 0.717) is 40.8 Å². The highest BCUT2D eigenvalue weighted by Gasteiger charge is 2.49. The highest BCUT2D eigenvalue weighted by molar-refractivity contribution is 8.07. The van der Waals surface area contributed by atoms with Crippen molar-refractivity contribution in [3.63, 3.8) is 0 Å². The zero-order chi connectivity index (χ0) is 34.9. The van der Waals surface area contributed by atoms with Crippen LogP contribution in [0.3, 0.4) is 0 Å². The van der Waals surface area contributed by atoms with E-state index in [2.05, 4.69) is 162 Å². The van der Waals surface area contributed by atoms with Gasteiger partial charge in [-0.05, 0) is 116 Å². The molecule has 8 aliphatic rings. The first-order valence-electron chi connectivity index (χ1n) is 20.2. The van der Waals surface area contributed by atoms with Crippen LogP contribution in [0.25, 0.3) is 22.7 Å². The van der Waals surface area contributed by atoms with Crippen LogP contribution in [-0.2, 0) is 6.42 Å². The molecule has 0 amide bonds. The summed E-state index contributed by atoms with van der Waals surface area (Å²) in [6.07, 6.45) is 44.9. The average Bonchev–Trinajstić information content (AvgIpc) is 3.56. The van der Waals surface area contributed by atoms with Crippen LogP contribution < -0.4 is 0 Å². The minimum atomic E-state index is 0.456. The lowest BCUT2D eigenvalue weighted by molar-refractivity contribution is 0.263. The number of aromatic nitrogens is 1. The van der Waals surface area contributed by atoms with Crippen molar-refractivity contribution in [2.24, 2.45) is 29.6 Å². The van der Waals surface area contributed by atoms with Gasteiger partial charge in [-0.15, -0.1) is 11.8 Å². The molecule has 11 rings (SSSR count). The van der Waals surface area contributed by atoms with Crippen LogP contribution in [0.5, 0.6) is 0 Å². The zero-order valence-electron chi connectivity index (χ0n) is 30.4. The number of hydrogen-bond donors (Lipinski definition) is 0. The van der Waals surface area contributed by atoms with Crippen LogP contribution in [-0.4, -0.2) is 9.82 Å². The van der Waals surface area contributed by atoms with Gasteiger partial charge in [-0.1, -0.05) is 133 Å². The van der Waals surface area contributed by atoms with E-state index in [4.69, 9.17) is 0 Å². The van der Waals surface area contributed by atoms with Gasteiger partial charge >= 0.3 is 0 Å². The van der Waals surface area contributed by atoms with Crippen LogP contribution in [0.4, 0.5) is 0 Å². The molecule has 0 bridgehead atoms. The predicted molar refractivity (Wildman–Crippen MR) is 228 cm³/mol. The Labute approximate surface area is 323 Å². The number of thioether (sulfide) groups is 2. The van der Waals surface area contributed by atoms with Crippen molar-refractivity contribution in [2.45, 2.75) is 73.9 Å². The van der Waals surface area contributed by atoms with Crippen molar-refractivity contribution in [3.05, 3.63) is 171 Å². The Hall–Kier alpha value is -3.92. The fraction of sp³-hybridized carbons (Fsp3) is 0.320. The normalized spacial score (nSPS) is 31.1. The monoisotopic (exact) mass is 725 g/mol. The van der Waals surface area contributed by atoms with Crippen molar-refractivity contribution >= 4 is 46.2 Å². The molecule has 264 valence electrons. The molecular formula is C50H47NS2. The van der Waals surface area contributed by atoms with Gasteiger partial charge in [0.15, 0.2) is 0 Å². The smallest absolute Gasteiger partial charge is 0.0534 e. The second-order valence-electron chi connectivity index (χ2n) is 16.3. The Bertz CT molecular complexity index is 2330. The summed E-state index contributed by atoms with van der Waals surface area (Å²) in [5.74, 6) is 3.06. The summed E-state index contributed by atoms with van der Waals surface area (Å²) in [5.41, 5.74) is 12.5. The average molecular weight is 726 g/mol. The molecule has 1 nitrogen and oxygen atoms in total. The van der Waals surface area contributed by atoms with E-state index in [-0.39, 0.29) is 0 Å². The number of allylic oxidation sites excluding steroid dienone is 16. The Morgan fingerprint density at radius 1 is 0.717 bits per heavy atom. The van der Waals surface area contributed by atoms with Gasteiger partial charge in [0.05, 0.1) is 5.52 Å². The Kier molecular flexibility index (Phi) is 8.24. The van der Waals surface area contributed by atoms with E-state index < -0.39 is 0 Å². The highest BCUT2D eigenvalue weighted by Crippen LogP contribution is 2.62. The molecule has 0 saturated carbocycles. The lowest BCUT2D eigenvalue weighted by atomic mass is 9.60. The molecule has 1 aromatic heterocycles. The van der Waals surface area contributed by atoms with Crippen LogP contribution >= 0.6 is 23.5 Å². The van der Waals surface area contributed by atoms with Crippen LogP contribution in [0, 0.1) is 29.6 Å². The standard InChI is InChI=1S/C50H47NS2/c1-3-14-32(15-4-1)36-21-13-25-47-49(36)50(40-20-9-12-24-45(40)53-47)48-39-19-8-11-23-44(39)52-46-29-27-33(30-41(46)48)34-26-28-38-37-18-7-10-22-42(37)51(43(38)31-34)35-16-5-2-6-17-35/h1-3,5,7-8,10-14,16,18-19,22-29,33-34,36,41,46,48,50H,4,6,9,15,17,20-21,30-31H2. The Morgan fingerprint density at radius 3 is 2.47 bits per heavy atom. The van der Waals surface area contributed by atoms with Crippen LogP contribution in [0.15, 0.2) is 159 Å². The minimum absolute atomic E-state index is 0.456. The molecule has 3 heterocycles. The zero-order valence-corrected chi connectivity index (χ0v) is 32.0. The van der Waals surface area contributed by atoms with Gasteiger partial charge in [0.25, 0.3) is 0 Å². The molecule has 2 aromatic carbocycles. The largest absolute Gasteiger partial charge is 0.317 e. The summed E-state index contributed by atoms with van der Waals surface area (Å²) in [4.78, 5) is 4.60. The molecule has 7 unspecified atom stereocenters. The summed E-state index contributed by atoms with van der Waals surface area (Å²) in [6, 6.07) is 18.7. The third-order valence-electron chi connectivity index (χ3n) is 13.6. The number of fused-ring (bicyclic) bond motifs is 5. The lowest BCUT2D eigenvalue weighted by Gasteiger charge is -2.50. The summed E-state index contributed by atoms with van der Waals surface area (Å²) in [5, 5.41) is 1.91. The maximum Gasteiger partial charge on any atom is 0.0534 e. The van der Waals surface area contributed by atoms with Gasteiger partial charge in [0.1, 0.15) is 0 Å². The predicted octanol–water partition coefficient (Wildman–Crippen LogP) is 13.5. The minimum Gasteiger partial charge on any atom is -0.317 e. The second kappa shape index (κ2) is 13.4. The third kappa shape index (κ3) is 5.43. The number of rotatable bonds is 4. The number of benzene rings is 2. The van der Waals surface area contributed by atoms with Gasteiger partial charge in [-0.3, -0.25) is 0 Å². The van der Waals surface area contributed by atoms with E-state index in [0.717, 1.165) is 25.7 Å². The van der Waals surface area contributed by atoms with Crippen molar-refractivity contribution in [1.82, 2.24) is 4.57 Å². The molecule has 6 aliphatic carbocycles. The van der Waals surface area contributed by atoms with Gasteiger partial charge in [-0.25, -0.2) is 0 Å². The maximum absolute atomic E-state index is 2.66. The topological polar surface area (TPSA) is 4.93 Å². The van der Waals surface area contributed by atoms with Crippen molar-refractivity contribution in [2.75, 3.05) is 0 Å². The van der Waals surface area contributed by atoms with Crippen molar-refractivity contribution in [1.29, 1.82) is 0 Å². The number of hydrogen-bond acceptors (Lipinski definition) is 2. The SMILES string of the molecule is C1=CCCC(C2CC=CC3=C2C(C2c4ccccc4SC4C=CC(C5C=Cc6c(n(C7=CC=CCC7)c7ccccc67)C5)CC42)C2=C(C=CCC2)S3)=C1. The Morgan fingerprint density at radius 2 is 1.57 bits per heavy atom. The summed E-state index contributed by atoms with van der Waals surface area (Å²) >= 11 is 4.23. The first kappa shape index (κ1) is 32.5. The van der Waals surface area contributed by atoms with Gasteiger partial charge in [0.2, 0.25) is 0 Å². The summed E-state index contributed by atoms with van der Waals surface area (Å²) in [6.45, 7) is 0. The third-order valence-corrected chi connectivity index (χ3v) is 16.2. The molecular weight excluding hydrogens is 679 g/mol. The summed E-state index contributed by atoms with van der Waals surface area (Å²) in [7, 11) is 0. The Balaban J connectivity index is 1.00. The van der Waals surface area contributed by atoms with Crippen molar-refractivity contribution < 1.29 is 0 Å². The quantitative estimate of drug-likeness (QED) is 0.247. The number of nitrogens with zero attached hydrogens (tertiary/aromatic N) is 1. The molecule has 0 spiro atoms. The molecule has 2 aliphatic heterocycles. The van der Waals surface area contributed by atoms with E-state index in [1.807, 2.05) is 0 Å². The molecule has 7 atom stereocenters. The fourth-order valence-electron chi connectivity index (χ4n) is 11.2. The highest BCUT2D eigenvalue weighted by atomic mass is 32.2. The number of para-hydroxylation sites is 1. The fourth-order valence-corrected chi connectivity index (χ4v) is 13.9. The molecule has 0 radical (unpaired) electrons. The first-order chi connectivity index (χ1) is 26.3. The molecule has 0 fully saturated rings. The lowest BCUT2D eigenvalue weighted by Crippen LogP contribution is -2.40. The van der Waals surface area contributed by atoms with Gasteiger partial charge < -0.3 is 4.57 Å². The second-order valence-corrected chi connectivity index (χ2v) is 18.6. The molecule has 0 saturated heterocycles. The first-order valence-corrected chi connectivity index (χ1v) is 21.9.